The van der Waals surface area contributed by atoms with Gasteiger partial charge in [0.05, 0.1) is 67.6 Å². The van der Waals surface area contributed by atoms with E-state index in [1.807, 2.05) is 0 Å². The standard InChI is InChI=1S/C45H72N4O9/c1-3-21(19-50)44(55)57-35-17-32-40(54)39-34(53)16-27(20-51)56-42(39)38-31-13-24-12-26(52)7-4-22(24)5-9-29(37-30(31)10-11-48-43(37)47)28-8-6-23-15-36(46)49-18-25(23)14-33(28)45(35,2)58-41(32)38/h3,22-33,35-43,48-52,54H,4-20,46-47H2,1-2H3/t22?,23?,24?,25?,26?,27?,28-,29?,30?,31?,32?,33-,35-,36?,37?,38?,39?,40?,41?,42?,43?,45-/m0/s1. The number of nitrogens with two attached hydrogens (primary N) is 2. The average Bonchev–Trinajstić information content (AvgIpc) is 3.35. The third-order valence-corrected chi connectivity index (χ3v) is 18.2. The fourth-order valence-corrected chi connectivity index (χ4v) is 15.5. The van der Waals surface area contributed by atoms with Crippen molar-refractivity contribution >= 4 is 11.8 Å². The molecule has 5 aliphatic heterocycles. The Morgan fingerprint density at radius 2 is 1.60 bits per heavy atom. The molecule has 0 amide bonds. The Labute approximate surface area is 344 Å². The predicted octanol–water partition coefficient (Wildman–Crippen LogP) is 1.97. The number of nitrogens with one attached hydrogen (secondary N) is 2. The zero-order valence-corrected chi connectivity index (χ0v) is 34.7. The maximum absolute atomic E-state index is 14.3. The van der Waals surface area contributed by atoms with Crippen LogP contribution in [0.5, 0.6) is 0 Å². The number of piperidine rings is 2. The van der Waals surface area contributed by atoms with Gasteiger partial charge >= 0.3 is 5.97 Å². The van der Waals surface area contributed by atoms with E-state index in [1.165, 1.54) is 0 Å². The van der Waals surface area contributed by atoms with Gasteiger partial charge in [-0.05, 0) is 163 Å². The van der Waals surface area contributed by atoms with Gasteiger partial charge in [-0.2, -0.15) is 0 Å². The van der Waals surface area contributed by atoms with Gasteiger partial charge in [0.2, 0.25) is 0 Å². The summed E-state index contributed by atoms with van der Waals surface area (Å²) in [5, 5.41) is 51.8. The number of carbonyl (C=O) groups is 2. The quantitative estimate of drug-likeness (QED) is 0.151. The Bertz CT molecular complexity index is 1550. The minimum atomic E-state index is -1.09. The number of ether oxygens (including phenoxy) is 3. The first-order valence-corrected chi connectivity index (χ1v) is 23.2. The molecule has 9 rings (SSSR count). The highest BCUT2D eigenvalue weighted by Crippen LogP contribution is 2.62. The lowest BCUT2D eigenvalue weighted by atomic mass is 9.51. The second kappa shape index (κ2) is 16.6. The summed E-state index contributed by atoms with van der Waals surface area (Å²) in [7, 11) is 0. The molecule has 0 radical (unpaired) electrons. The van der Waals surface area contributed by atoms with Crippen molar-refractivity contribution in [1.29, 1.82) is 0 Å². The molecule has 5 heterocycles. The van der Waals surface area contributed by atoms with E-state index in [4.69, 9.17) is 25.7 Å². The normalized spacial score (nSPS) is 53.1. The largest absolute Gasteiger partial charge is 0.456 e. The van der Waals surface area contributed by atoms with Crippen LogP contribution in [0.4, 0.5) is 0 Å². The summed E-state index contributed by atoms with van der Waals surface area (Å²) in [4.78, 5) is 28.3. The molecule has 0 aromatic carbocycles. The highest BCUT2D eigenvalue weighted by Gasteiger charge is 2.67. The molecule has 0 spiro atoms. The van der Waals surface area contributed by atoms with Crippen molar-refractivity contribution in [2.45, 2.75) is 152 Å². The third-order valence-electron chi connectivity index (χ3n) is 18.2. The molecule has 0 aromatic heterocycles. The number of hydrogen-bond acceptors (Lipinski definition) is 13. The van der Waals surface area contributed by atoms with E-state index in [-0.39, 0.29) is 84.2 Å². The highest BCUT2D eigenvalue weighted by molar-refractivity contribution is 5.88. The van der Waals surface area contributed by atoms with Crippen LogP contribution in [-0.2, 0) is 23.8 Å². The summed E-state index contributed by atoms with van der Waals surface area (Å²) in [6, 6.07) is 0. The van der Waals surface area contributed by atoms with Gasteiger partial charge in [-0.15, -0.1) is 0 Å². The summed E-state index contributed by atoms with van der Waals surface area (Å²) in [6.45, 7) is 4.75. The van der Waals surface area contributed by atoms with Gasteiger partial charge in [0.1, 0.15) is 17.5 Å². The number of ketones is 1. The molecule has 326 valence electrons. The van der Waals surface area contributed by atoms with E-state index in [2.05, 4.69) is 17.6 Å². The average molecular weight is 813 g/mol. The van der Waals surface area contributed by atoms with Crippen LogP contribution in [0.3, 0.4) is 0 Å². The van der Waals surface area contributed by atoms with Crippen molar-refractivity contribution in [3.8, 4) is 0 Å². The van der Waals surface area contributed by atoms with Crippen LogP contribution in [0.15, 0.2) is 11.6 Å². The lowest BCUT2D eigenvalue weighted by Gasteiger charge is -2.64. The summed E-state index contributed by atoms with van der Waals surface area (Å²) in [6.07, 6.45) is 7.88. The van der Waals surface area contributed by atoms with Crippen LogP contribution >= 0.6 is 0 Å². The lowest BCUT2D eigenvalue weighted by Crippen LogP contribution is -2.72. The number of rotatable bonds is 4. The van der Waals surface area contributed by atoms with Crippen LogP contribution in [0.1, 0.15) is 97.3 Å². The Morgan fingerprint density at radius 1 is 0.845 bits per heavy atom. The summed E-state index contributed by atoms with van der Waals surface area (Å²) in [5.41, 5.74) is 13.2. The van der Waals surface area contributed by atoms with E-state index in [9.17, 15) is 30.0 Å². The number of hydrogen-bond donors (Lipinski definition) is 8. The van der Waals surface area contributed by atoms with E-state index in [1.54, 1.807) is 13.0 Å². The molecule has 4 aliphatic carbocycles. The second-order valence-electron chi connectivity index (χ2n) is 20.7. The Balaban J connectivity index is 1.26. The van der Waals surface area contributed by atoms with Crippen LogP contribution < -0.4 is 22.1 Å². The predicted molar refractivity (Wildman–Crippen MR) is 214 cm³/mol. The number of aliphatic hydroxyl groups is 4. The van der Waals surface area contributed by atoms with Gasteiger partial charge in [-0.3, -0.25) is 4.79 Å². The van der Waals surface area contributed by atoms with Crippen LogP contribution in [0.2, 0.25) is 0 Å². The first-order valence-electron chi connectivity index (χ1n) is 23.2. The molecule has 9 aliphatic rings. The van der Waals surface area contributed by atoms with Crippen LogP contribution in [0.25, 0.3) is 0 Å². The second-order valence-corrected chi connectivity index (χ2v) is 20.7. The van der Waals surface area contributed by atoms with Gasteiger partial charge in [0.15, 0.2) is 0 Å². The minimum absolute atomic E-state index is 0.0220. The van der Waals surface area contributed by atoms with Gasteiger partial charge < -0.3 is 56.7 Å². The molecule has 4 bridgehead atoms. The Kier molecular flexibility index (Phi) is 12.0. The van der Waals surface area contributed by atoms with Gasteiger partial charge in [-0.1, -0.05) is 6.08 Å². The van der Waals surface area contributed by atoms with Gasteiger partial charge in [0.25, 0.3) is 0 Å². The lowest BCUT2D eigenvalue weighted by molar-refractivity contribution is -0.312. The van der Waals surface area contributed by atoms with Crippen LogP contribution in [-0.4, -0.2) is 113 Å². The fraction of sp³-hybridized carbons (Fsp3) is 0.911. The number of aliphatic hydroxyl groups excluding tert-OH is 4. The first-order chi connectivity index (χ1) is 27.9. The smallest absolute Gasteiger partial charge is 0.336 e. The number of allylic oxidation sites excluding steroid dienone is 1. The monoisotopic (exact) mass is 813 g/mol. The molecular formula is C45H72N4O9. The van der Waals surface area contributed by atoms with E-state index >= 15 is 0 Å². The molecule has 0 aromatic rings. The van der Waals surface area contributed by atoms with Crippen molar-refractivity contribution in [1.82, 2.24) is 10.6 Å². The number of carbonyl (C=O) groups excluding carboxylic acids is 2. The number of Topliss-reactive ketones (excluding diaryl/α,β-unsaturated/α-hetero) is 1. The molecule has 5 saturated heterocycles. The Morgan fingerprint density at radius 3 is 2.38 bits per heavy atom. The van der Waals surface area contributed by atoms with E-state index in [0.717, 1.165) is 83.7 Å². The van der Waals surface area contributed by atoms with Crippen molar-refractivity contribution in [3.63, 3.8) is 0 Å². The minimum Gasteiger partial charge on any atom is -0.456 e. The maximum atomic E-state index is 14.3. The molecule has 10 N–H and O–H groups in total. The van der Waals surface area contributed by atoms with Crippen molar-refractivity contribution in [3.05, 3.63) is 11.6 Å². The molecule has 22 atom stereocenters. The Hall–Kier alpha value is -1.52. The van der Waals surface area contributed by atoms with Crippen molar-refractivity contribution in [2.75, 3.05) is 26.3 Å². The highest BCUT2D eigenvalue weighted by atomic mass is 16.6. The molecule has 18 unspecified atom stereocenters. The molecule has 13 heteroatoms. The molecule has 58 heavy (non-hydrogen) atoms. The molecule has 9 fully saturated rings. The number of fused-ring (bicyclic) bond motifs is 9. The summed E-state index contributed by atoms with van der Waals surface area (Å²) >= 11 is 0. The first kappa shape index (κ1) is 41.8. The molecule has 4 saturated carbocycles. The van der Waals surface area contributed by atoms with Crippen molar-refractivity contribution < 1.29 is 44.2 Å². The molecular weight excluding hydrogens is 741 g/mol. The zero-order valence-electron chi connectivity index (χ0n) is 34.7. The summed E-state index contributed by atoms with van der Waals surface area (Å²) in [5.74, 6) is -0.00355. The topological polar surface area (TPSA) is 219 Å². The maximum Gasteiger partial charge on any atom is 0.336 e. The van der Waals surface area contributed by atoms with Crippen LogP contribution in [0, 0.1) is 76.9 Å². The zero-order chi connectivity index (χ0) is 40.6. The summed E-state index contributed by atoms with van der Waals surface area (Å²) < 4.78 is 21.4. The van der Waals surface area contributed by atoms with Crippen molar-refractivity contribution in [2.24, 2.45) is 88.4 Å². The number of esters is 1. The van der Waals surface area contributed by atoms with E-state index in [0.29, 0.717) is 30.1 Å². The van der Waals surface area contributed by atoms with Gasteiger partial charge in [0, 0.05) is 18.3 Å². The third kappa shape index (κ3) is 7.16. The molecule has 13 nitrogen and oxygen atoms in total. The SMILES string of the molecule is CC=C(CO)C(=O)O[C@H]1CC2C(O)C3C(=O)CC(CO)OC3C3C4CC5CC(O)CCC5CCC(C5C(N)NCCC45)[C@@H]4CCC5CC(N)NCC5C[C@@H]4[C@]1(C)OC23. The fourth-order valence-electron chi connectivity index (χ4n) is 15.5. The van der Waals surface area contributed by atoms with E-state index < -0.39 is 60.5 Å². The van der Waals surface area contributed by atoms with Gasteiger partial charge in [-0.25, -0.2) is 4.79 Å².